The van der Waals surface area contributed by atoms with Crippen LogP contribution in [0.5, 0.6) is 5.75 Å². The summed E-state index contributed by atoms with van der Waals surface area (Å²) in [7, 11) is 0. The lowest BCUT2D eigenvalue weighted by molar-refractivity contribution is -0.139. The van der Waals surface area contributed by atoms with Crippen LogP contribution in [0.25, 0.3) is 0 Å². The van der Waals surface area contributed by atoms with Gasteiger partial charge in [-0.2, -0.15) is 0 Å². The highest BCUT2D eigenvalue weighted by Crippen LogP contribution is 2.64. The quantitative estimate of drug-likeness (QED) is 0.770. The van der Waals surface area contributed by atoms with Crippen molar-refractivity contribution in [3.8, 4) is 5.75 Å². The number of aromatic nitrogens is 1. The van der Waals surface area contributed by atoms with Crippen molar-refractivity contribution in [3.05, 3.63) is 43.3 Å². The summed E-state index contributed by atoms with van der Waals surface area (Å²) in [5, 5.41) is 11.1. The summed E-state index contributed by atoms with van der Waals surface area (Å²) in [5.74, 6) is 1.30. The number of hydrogen-bond donors (Lipinski definition) is 2. The molecular formula is C19H18ClNO4S2. The second kappa shape index (κ2) is 6.57. The normalized spacial score (nSPS) is 30.8. The van der Waals surface area contributed by atoms with E-state index in [1.807, 2.05) is 17.8 Å². The SMILES string of the molecule is O=C(O)COc1ccc(Cl)cc1[C@@H]1c2sc(=O)[nH]c2S[C@@H]2[C@@H]3CC[C@H](C3)[C@H]12. The van der Waals surface area contributed by atoms with E-state index < -0.39 is 12.6 Å². The van der Waals surface area contributed by atoms with Crippen molar-refractivity contribution in [2.75, 3.05) is 6.61 Å². The predicted octanol–water partition coefficient (Wildman–Crippen LogP) is 4.21. The van der Waals surface area contributed by atoms with Gasteiger partial charge in [-0.25, -0.2) is 4.79 Å². The largest absolute Gasteiger partial charge is 0.482 e. The Balaban J connectivity index is 1.65. The van der Waals surface area contributed by atoms with Crippen LogP contribution in [0.1, 0.15) is 35.6 Å². The number of aliphatic carboxylic acids is 1. The molecule has 1 aromatic heterocycles. The Hall–Kier alpha value is -1.44. The Morgan fingerprint density at radius 1 is 1.33 bits per heavy atom. The standard InChI is InChI=1S/C19H18ClNO4S2/c20-10-3-4-12(25-7-13(22)23)11(6-10)15-14-8-1-2-9(5-8)16(14)26-18-17(15)27-19(24)21-18/h3-4,6,8-9,14-16H,1-2,5,7H2,(H,21,24)(H,22,23)/t8-,9-,14-,15+,16-/m1/s1. The Morgan fingerprint density at radius 3 is 2.96 bits per heavy atom. The third-order valence-electron chi connectivity index (χ3n) is 6.12. The Bertz CT molecular complexity index is 971. The Labute approximate surface area is 169 Å². The van der Waals surface area contributed by atoms with Gasteiger partial charge in [-0.15, -0.1) is 11.8 Å². The topological polar surface area (TPSA) is 79.4 Å². The molecule has 0 saturated heterocycles. The maximum atomic E-state index is 12.1. The van der Waals surface area contributed by atoms with Gasteiger partial charge < -0.3 is 14.8 Å². The van der Waals surface area contributed by atoms with Gasteiger partial charge in [-0.05, 0) is 55.2 Å². The van der Waals surface area contributed by atoms with Gasteiger partial charge in [-0.1, -0.05) is 22.9 Å². The van der Waals surface area contributed by atoms with Crippen molar-refractivity contribution in [3.63, 3.8) is 0 Å². The molecule has 2 heterocycles. The van der Waals surface area contributed by atoms with E-state index in [4.69, 9.17) is 21.4 Å². The number of thiazole rings is 1. The molecule has 1 aliphatic heterocycles. The van der Waals surface area contributed by atoms with Crippen LogP contribution in [-0.2, 0) is 4.79 Å². The van der Waals surface area contributed by atoms with E-state index in [1.165, 1.54) is 30.6 Å². The highest BCUT2D eigenvalue weighted by molar-refractivity contribution is 8.00. The second-order valence-electron chi connectivity index (χ2n) is 7.54. The zero-order valence-electron chi connectivity index (χ0n) is 14.3. The molecule has 2 bridgehead atoms. The van der Waals surface area contributed by atoms with Crippen LogP contribution in [0, 0.1) is 17.8 Å². The summed E-state index contributed by atoms with van der Waals surface area (Å²) >= 11 is 9.40. The van der Waals surface area contributed by atoms with Crippen molar-refractivity contribution in [2.45, 2.75) is 35.5 Å². The monoisotopic (exact) mass is 423 g/mol. The van der Waals surface area contributed by atoms with E-state index >= 15 is 0 Å². The van der Waals surface area contributed by atoms with E-state index in [0.717, 1.165) is 15.5 Å². The van der Waals surface area contributed by atoms with Crippen LogP contribution < -0.4 is 9.61 Å². The average Bonchev–Trinajstić information content (AvgIpc) is 3.32. The van der Waals surface area contributed by atoms with Crippen molar-refractivity contribution < 1.29 is 14.6 Å². The number of carboxylic acids is 1. The molecule has 8 heteroatoms. The summed E-state index contributed by atoms with van der Waals surface area (Å²) in [6, 6.07) is 5.36. The second-order valence-corrected chi connectivity index (χ2v) is 10.2. The number of fused-ring (bicyclic) bond motifs is 6. The van der Waals surface area contributed by atoms with Gasteiger partial charge in [0.25, 0.3) is 0 Å². The molecule has 5 atom stereocenters. The molecule has 3 aliphatic rings. The molecule has 0 unspecified atom stereocenters. The van der Waals surface area contributed by atoms with Crippen molar-refractivity contribution >= 4 is 40.7 Å². The van der Waals surface area contributed by atoms with Gasteiger partial charge in [0.1, 0.15) is 5.75 Å². The number of carbonyl (C=O) groups is 1. The maximum absolute atomic E-state index is 12.1. The summed E-state index contributed by atoms with van der Waals surface area (Å²) in [6.07, 6.45) is 3.72. The lowest BCUT2D eigenvalue weighted by atomic mass is 9.74. The van der Waals surface area contributed by atoms with E-state index in [1.54, 1.807) is 12.1 Å². The number of benzene rings is 1. The van der Waals surface area contributed by atoms with Gasteiger partial charge >= 0.3 is 10.8 Å². The van der Waals surface area contributed by atoms with Gasteiger partial charge in [-0.3, -0.25) is 4.79 Å². The highest BCUT2D eigenvalue weighted by atomic mass is 35.5. The van der Waals surface area contributed by atoms with Gasteiger partial charge in [0.15, 0.2) is 6.61 Å². The third kappa shape index (κ3) is 2.91. The first-order chi connectivity index (χ1) is 13.0. The molecule has 2 saturated carbocycles. The zero-order valence-corrected chi connectivity index (χ0v) is 16.7. The van der Waals surface area contributed by atoms with Crippen LogP contribution in [0.3, 0.4) is 0 Å². The minimum absolute atomic E-state index is 0.0213. The van der Waals surface area contributed by atoms with E-state index in [2.05, 4.69) is 4.98 Å². The van der Waals surface area contributed by atoms with Crippen molar-refractivity contribution in [1.29, 1.82) is 0 Å². The van der Waals surface area contributed by atoms with Gasteiger partial charge in [0, 0.05) is 26.6 Å². The molecule has 5 nitrogen and oxygen atoms in total. The smallest absolute Gasteiger partial charge is 0.341 e. The summed E-state index contributed by atoms with van der Waals surface area (Å²) < 4.78 is 5.61. The maximum Gasteiger partial charge on any atom is 0.341 e. The fourth-order valence-corrected chi connectivity index (χ4v) is 8.30. The summed E-state index contributed by atoms with van der Waals surface area (Å²) in [4.78, 5) is 27.1. The van der Waals surface area contributed by atoms with Crippen LogP contribution in [-0.4, -0.2) is 27.9 Å². The first kappa shape index (κ1) is 17.6. The minimum atomic E-state index is -1.01. The number of halogens is 1. The number of carboxylic acid groups (broad SMARTS) is 1. The highest BCUT2D eigenvalue weighted by Gasteiger charge is 2.55. The van der Waals surface area contributed by atoms with Crippen molar-refractivity contribution in [2.24, 2.45) is 17.8 Å². The van der Waals surface area contributed by atoms with Gasteiger partial charge in [0.2, 0.25) is 0 Å². The number of ether oxygens (including phenoxy) is 1. The number of nitrogens with one attached hydrogen (secondary N) is 1. The lowest BCUT2D eigenvalue weighted by Crippen LogP contribution is -2.34. The molecular weight excluding hydrogens is 406 g/mol. The first-order valence-corrected chi connectivity index (χ1v) is 11.1. The molecule has 2 aromatic rings. The summed E-state index contributed by atoms with van der Waals surface area (Å²) in [5.41, 5.74) is 0.906. The first-order valence-electron chi connectivity index (χ1n) is 9.05. The molecule has 27 heavy (non-hydrogen) atoms. The molecule has 1 aromatic carbocycles. The third-order valence-corrected chi connectivity index (χ3v) is 8.98. The predicted molar refractivity (Wildman–Crippen MR) is 105 cm³/mol. The van der Waals surface area contributed by atoms with Crippen LogP contribution >= 0.6 is 34.7 Å². The molecule has 0 spiro atoms. The van der Waals surface area contributed by atoms with Crippen molar-refractivity contribution in [1.82, 2.24) is 4.98 Å². The van der Waals surface area contributed by atoms with Gasteiger partial charge in [0.05, 0.1) is 5.03 Å². The van der Waals surface area contributed by atoms with Crippen LogP contribution in [0.4, 0.5) is 0 Å². The van der Waals surface area contributed by atoms with E-state index in [9.17, 15) is 9.59 Å². The fourth-order valence-electron chi connectivity index (χ4n) is 5.23. The number of rotatable bonds is 4. The molecule has 2 fully saturated rings. The van der Waals surface area contributed by atoms with E-state index in [-0.39, 0.29) is 10.8 Å². The summed E-state index contributed by atoms with van der Waals surface area (Å²) in [6.45, 7) is -0.396. The molecule has 0 radical (unpaired) electrons. The minimum Gasteiger partial charge on any atom is -0.482 e. The van der Waals surface area contributed by atoms with E-state index in [0.29, 0.717) is 33.8 Å². The Kier molecular flexibility index (Phi) is 4.29. The Morgan fingerprint density at radius 2 is 2.15 bits per heavy atom. The molecule has 0 amide bonds. The fraction of sp³-hybridized carbons (Fsp3) is 0.474. The molecule has 2 aliphatic carbocycles. The number of thioether (sulfide) groups is 1. The zero-order chi connectivity index (χ0) is 18.7. The molecule has 142 valence electrons. The molecule has 2 N–H and O–H groups in total. The number of H-pyrrole nitrogens is 1. The van der Waals surface area contributed by atoms with Crippen LogP contribution in [0.15, 0.2) is 28.0 Å². The lowest BCUT2D eigenvalue weighted by Gasteiger charge is -2.40. The number of hydrogen-bond acceptors (Lipinski definition) is 5. The average molecular weight is 424 g/mol. The van der Waals surface area contributed by atoms with Crippen LogP contribution in [0.2, 0.25) is 5.02 Å². The number of aromatic amines is 1. The molecule has 5 rings (SSSR count).